The number of aliphatic hydroxyl groups is 2. The van der Waals surface area contributed by atoms with Crippen LogP contribution in [0.5, 0.6) is 5.75 Å². The number of nitrogens with zero attached hydrogens (tertiary/aromatic N) is 1. The third-order valence-corrected chi connectivity index (χ3v) is 6.70. The standard InChI is InChI=1S/C18H20FN2O8PS/c1-9-4-3-5-11-7-26-30(25,29-13(9)11)27-8-18(19)14(23)12(22)16(28-18)21-6-10(2)15(24)20-17(21)31/h3-6,12,14,16,22-23H,7-8H2,1-2H3,(H,20,24,31)/t12-,14+,16-,18-,30?/m1/s1. The Morgan fingerprint density at radius 2 is 2.13 bits per heavy atom. The summed E-state index contributed by atoms with van der Waals surface area (Å²) in [4.78, 5) is 14.0. The summed E-state index contributed by atoms with van der Waals surface area (Å²) in [5.74, 6) is -2.65. The number of fused-ring (bicyclic) bond motifs is 1. The third-order valence-electron chi connectivity index (χ3n) is 5.09. The first-order valence-electron chi connectivity index (χ1n) is 9.25. The Bertz CT molecular complexity index is 1190. The van der Waals surface area contributed by atoms with Gasteiger partial charge in [-0.1, -0.05) is 18.2 Å². The van der Waals surface area contributed by atoms with Crippen molar-refractivity contribution in [2.24, 2.45) is 0 Å². The van der Waals surface area contributed by atoms with Gasteiger partial charge in [0.15, 0.2) is 11.0 Å². The van der Waals surface area contributed by atoms with Crippen LogP contribution in [-0.4, -0.2) is 44.4 Å². The van der Waals surface area contributed by atoms with Gasteiger partial charge in [-0.2, -0.15) is 0 Å². The number of hydrogen-bond acceptors (Lipinski definition) is 9. The highest BCUT2D eigenvalue weighted by atomic mass is 32.1. The Morgan fingerprint density at radius 3 is 2.87 bits per heavy atom. The summed E-state index contributed by atoms with van der Waals surface area (Å²) in [7, 11) is -4.22. The molecule has 0 radical (unpaired) electrons. The zero-order chi connectivity index (χ0) is 22.6. The lowest BCUT2D eigenvalue weighted by molar-refractivity contribution is -0.205. The van der Waals surface area contributed by atoms with E-state index in [2.05, 4.69) is 4.98 Å². The molecular weight excluding hydrogens is 454 g/mol. The van der Waals surface area contributed by atoms with Crippen LogP contribution < -0.4 is 10.1 Å². The van der Waals surface area contributed by atoms with Crippen LogP contribution in [0.4, 0.5) is 4.39 Å². The number of aromatic amines is 1. The van der Waals surface area contributed by atoms with E-state index in [4.69, 9.17) is 30.5 Å². The van der Waals surface area contributed by atoms with Gasteiger partial charge in [0.05, 0.1) is 6.61 Å². The second kappa shape index (κ2) is 7.89. The Kier molecular flexibility index (Phi) is 5.67. The molecule has 0 amide bonds. The van der Waals surface area contributed by atoms with Gasteiger partial charge in [-0.3, -0.25) is 23.4 Å². The number of phosphoric acid groups is 1. The molecule has 2 aliphatic heterocycles. The highest BCUT2D eigenvalue weighted by Gasteiger charge is 2.57. The number of phosphoric ester groups is 1. The maximum atomic E-state index is 15.4. The first-order valence-corrected chi connectivity index (χ1v) is 11.1. The van der Waals surface area contributed by atoms with Crippen LogP contribution in [0.2, 0.25) is 0 Å². The topological polar surface area (TPSA) is 132 Å². The molecule has 31 heavy (non-hydrogen) atoms. The number of ether oxygens (including phenoxy) is 1. The van der Waals surface area contributed by atoms with Crippen molar-refractivity contribution >= 4 is 20.0 Å². The molecule has 3 N–H and O–H groups in total. The van der Waals surface area contributed by atoms with Gasteiger partial charge in [0.2, 0.25) is 0 Å². The van der Waals surface area contributed by atoms with E-state index in [0.717, 1.165) is 4.57 Å². The molecule has 0 spiro atoms. The van der Waals surface area contributed by atoms with Gasteiger partial charge in [0.1, 0.15) is 24.6 Å². The first-order chi connectivity index (χ1) is 14.5. The number of aromatic nitrogens is 2. The molecule has 2 aliphatic rings. The Hall–Kier alpha value is -1.92. The summed E-state index contributed by atoms with van der Waals surface area (Å²) in [6, 6.07) is 5.25. The predicted molar refractivity (Wildman–Crippen MR) is 107 cm³/mol. The highest BCUT2D eigenvalue weighted by Crippen LogP contribution is 2.56. The molecule has 10 nitrogen and oxygen atoms in total. The van der Waals surface area contributed by atoms with Crippen LogP contribution in [0.15, 0.2) is 29.2 Å². The summed E-state index contributed by atoms with van der Waals surface area (Å²) in [5.41, 5.74) is 1.12. The Balaban J connectivity index is 1.53. The Labute approximate surface area is 180 Å². The first kappa shape index (κ1) is 22.3. The predicted octanol–water partition coefficient (Wildman–Crippen LogP) is 2.17. The van der Waals surface area contributed by atoms with Crippen molar-refractivity contribution in [3.05, 3.63) is 56.2 Å². The number of benzene rings is 1. The van der Waals surface area contributed by atoms with E-state index in [1.165, 1.54) is 13.1 Å². The van der Waals surface area contributed by atoms with Gasteiger partial charge in [-0.15, -0.1) is 0 Å². The zero-order valence-corrected chi connectivity index (χ0v) is 18.2. The normalized spacial score (nSPS) is 32.5. The monoisotopic (exact) mass is 474 g/mol. The van der Waals surface area contributed by atoms with E-state index in [0.29, 0.717) is 16.9 Å². The van der Waals surface area contributed by atoms with E-state index < -0.39 is 44.3 Å². The van der Waals surface area contributed by atoms with E-state index in [9.17, 15) is 19.6 Å². The number of H-pyrrole nitrogens is 1. The fourth-order valence-electron chi connectivity index (χ4n) is 3.34. The van der Waals surface area contributed by atoms with Gasteiger partial charge in [0, 0.05) is 17.3 Å². The molecule has 168 valence electrons. The molecule has 0 bridgehead atoms. The maximum absolute atomic E-state index is 15.4. The van der Waals surface area contributed by atoms with Crippen molar-refractivity contribution in [2.75, 3.05) is 6.61 Å². The Morgan fingerprint density at radius 1 is 1.39 bits per heavy atom. The SMILES string of the molecule is Cc1cccc2c1OP(=O)(OC[C@@]1(F)O[C@@H](n3cc(C)c(=O)[nH]c3=S)[C@H](O)[C@@H]1O)OC2. The number of rotatable bonds is 4. The average molecular weight is 474 g/mol. The minimum absolute atomic E-state index is 0.0753. The lowest BCUT2D eigenvalue weighted by Gasteiger charge is -2.29. The molecule has 3 heterocycles. The molecule has 1 unspecified atom stereocenters. The van der Waals surface area contributed by atoms with Crippen LogP contribution in [0.3, 0.4) is 0 Å². The summed E-state index contributed by atoms with van der Waals surface area (Å²) in [6.07, 6.45) is -4.03. The third kappa shape index (κ3) is 4.00. The average Bonchev–Trinajstić information content (AvgIpc) is 2.95. The van der Waals surface area contributed by atoms with E-state index in [1.54, 1.807) is 25.1 Å². The van der Waals surface area contributed by atoms with E-state index >= 15 is 4.39 Å². The van der Waals surface area contributed by atoms with E-state index in [1.807, 2.05) is 0 Å². The van der Waals surface area contributed by atoms with Gasteiger partial charge in [0.25, 0.3) is 11.4 Å². The molecule has 1 fully saturated rings. The van der Waals surface area contributed by atoms with Crippen molar-refractivity contribution < 1.29 is 37.5 Å². The molecule has 1 aromatic heterocycles. The molecule has 13 heteroatoms. The largest absolute Gasteiger partial charge is 0.530 e. The number of alkyl halides is 1. The molecule has 1 aromatic carbocycles. The van der Waals surface area contributed by atoms with Gasteiger partial charge >= 0.3 is 7.82 Å². The van der Waals surface area contributed by atoms with Crippen LogP contribution in [0, 0.1) is 18.6 Å². The van der Waals surface area contributed by atoms with Crippen LogP contribution in [-0.2, 0) is 25.0 Å². The summed E-state index contributed by atoms with van der Waals surface area (Å²) < 4.78 is 50.0. The molecule has 2 aromatic rings. The van der Waals surface area contributed by atoms with Crippen LogP contribution >= 0.6 is 20.0 Å². The van der Waals surface area contributed by atoms with Gasteiger partial charge in [-0.05, 0) is 31.6 Å². The van der Waals surface area contributed by atoms with Crippen molar-refractivity contribution in [2.45, 2.75) is 44.7 Å². The molecule has 4 rings (SSSR count). The zero-order valence-electron chi connectivity index (χ0n) is 16.5. The highest BCUT2D eigenvalue weighted by molar-refractivity contribution is 7.71. The molecule has 0 saturated carbocycles. The lowest BCUT2D eigenvalue weighted by Crippen LogP contribution is -2.43. The minimum Gasteiger partial charge on any atom is -0.403 e. The number of hydrogen-bond donors (Lipinski definition) is 3. The fraction of sp³-hybridized carbons (Fsp3) is 0.444. The van der Waals surface area contributed by atoms with Gasteiger partial charge in [-0.25, -0.2) is 8.96 Å². The second-order valence-electron chi connectivity index (χ2n) is 7.36. The van der Waals surface area contributed by atoms with Crippen LogP contribution in [0.1, 0.15) is 22.9 Å². The minimum atomic E-state index is -4.22. The molecule has 0 aliphatic carbocycles. The van der Waals surface area contributed by atoms with Crippen molar-refractivity contribution in [3.63, 3.8) is 0 Å². The number of aryl methyl sites for hydroxylation is 2. The number of aliphatic hydroxyl groups excluding tert-OH is 2. The number of halogens is 1. The summed E-state index contributed by atoms with van der Waals surface area (Å²) in [6.45, 7) is 2.09. The molecular formula is C18H20FN2O8PS. The molecule has 1 saturated heterocycles. The maximum Gasteiger partial charge on any atom is 0.530 e. The van der Waals surface area contributed by atoms with Crippen molar-refractivity contribution in [1.29, 1.82) is 0 Å². The second-order valence-corrected chi connectivity index (χ2v) is 9.34. The quantitative estimate of drug-likeness (QED) is 0.451. The fourth-order valence-corrected chi connectivity index (χ4v) is 4.89. The van der Waals surface area contributed by atoms with E-state index in [-0.39, 0.29) is 16.9 Å². The van der Waals surface area contributed by atoms with Crippen molar-refractivity contribution in [3.8, 4) is 5.75 Å². The summed E-state index contributed by atoms with van der Waals surface area (Å²) in [5, 5.41) is 20.6. The smallest absolute Gasteiger partial charge is 0.403 e. The molecule has 5 atom stereocenters. The summed E-state index contributed by atoms with van der Waals surface area (Å²) >= 11 is 5.03. The number of para-hydroxylation sites is 1. The van der Waals surface area contributed by atoms with Crippen molar-refractivity contribution in [1.82, 2.24) is 9.55 Å². The number of nitrogens with one attached hydrogen (secondary N) is 1. The van der Waals surface area contributed by atoms with Crippen LogP contribution in [0.25, 0.3) is 0 Å². The van der Waals surface area contributed by atoms with Gasteiger partial charge < -0.3 is 19.5 Å². The lowest BCUT2D eigenvalue weighted by atomic mass is 10.1.